The van der Waals surface area contributed by atoms with Crippen LogP contribution in [0.25, 0.3) is 5.82 Å². The lowest BCUT2D eigenvalue weighted by molar-refractivity contribution is 0.158. The van der Waals surface area contributed by atoms with Crippen LogP contribution in [0.3, 0.4) is 0 Å². The van der Waals surface area contributed by atoms with Crippen LogP contribution in [-0.2, 0) is 6.54 Å². The molecule has 0 bridgehead atoms. The van der Waals surface area contributed by atoms with E-state index in [0.717, 1.165) is 30.8 Å². The number of hydrogen-bond donors (Lipinski definition) is 1. The van der Waals surface area contributed by atoms with E-state index < -0.39 is 0 Å². The number of carbonyl (C=O) groups is 1. The third-order valence-electron chi connectivity index (χ3n) is 4.06. The largest absolute Gasteiger partial charge is 0.334 e. The van der Waals surface area contributed by atoms with Gasteiger partial charge in [0, 0.05) is 37.7 Å². The van der Waals surface area contributed by atoms with Gasteiger partial charge in [-0.15, -0.1) is 0 Å². The molecule has 6 nitrogen and oxygen atoms in total. The Bertz CT molecular complexity index is 625. The van der Waals surface area contributed by atoms with Gasteiger partial charge in [-0.1, -0.05) is 0 Å². The molecule has 3 heterocycles. The molecule has 116 valence electrons. The fourth-order valence-corrected chi connectivity index (χ4v) is 2.78. The quantitative estimate of drug-likeness (QED) is 0.946. The molecule has 1 saturated heterocycles. The van der Waals surface area contributed by atoms with Gasteiger partial charge in [0.15, 0.2) is 5.82 Å². The average Bonchev–Trinajstić information content (AvgIpc) is 3.08. The number of likely N-dealkylation sites (tertiary alicyclic amines) is 1. The summed E-state index contributed by atoms with van der Waals surface area (Å²) in [5, 5.41) is 7.17. The Morgan fingerprint density at radius 1 is 1.41 bits per heavy atom. The van der Waals surface area contributed by atoms with E-state index >= 15 is 0 Å². The summed E-state index contributed by atoms with van der Waals surface area (Å²) in [4.78, 5) is 18.5. The minimum Gasteiger partial charge on any atom is -0.334 e. The highest BCUT2D eigenvalue weighted by Crippen LogP contribution is 2.16. The first-order chi connectivity index (χ1) is 10.7. The van der Waals surface area contributed by atoms with E-state index in [2.05, 4.69) is 22.3 Å². The highest BCUT2D eigenvalue weighted by molar-refractivity contribution is 5.74. The van der Waals surface area contributed by atoms with Gasteiger partial charge in [-0.25, -0.2) is 14.5 Å². The van der Waals surface area contributed by atoms with Crippen molar-refractivity contribution in [2.24, 2.45) is 0 Å². The van der Waals surface area contributed by atoms with Crippen LogP contribution in [0.5, 0.6) is 0 Å². The monoisotopic (exact) mass is 299 g/mol. The van der Waals surface area contributed by atoms with Crippen LogP contribution >= 0.6 is 0 Å². The number of hydrogen-bond acceptors (Lipinski definition) is 3. The number of piperidine rings is 1. The molecule has 22 heavy (non-hydrogen) atoms. The maximum atomic E-state index is 12.3. The molecule has 1 aliphatic rings. The predicted octanol–water partition coefficient (Wildman–Crippen LogP) is 2.35. The summed E-state index contributed by atoms with van der Waals surface area (Å²) < 4.78 is 1.71. The summed E-state index contributed by atoms with van der Waals surface area (Å²) in [6.07, 6.45) is 8.70. The summed E-state index contributed by atoms with van der Waals surface area (Å²) in [7, 11) is 0. The topological polar surface area (TPSA) is 63.1 Å². The number of aromatic nitrogens is 3. The molecule has 0 saturated carbocycles. The zero-order valence-corrected chi connectivity index (χ0v) is 12.8. The Balaban J connectivity index is 1.61. The van der Waals surface area contributed by atoms with Crippen LogP contribution in [0.4, 0.5) is 4.79 Å². The third kappa shape index (κ3) is 3.27. The lowest BCUT2D eigenvalue weighted by atomic mass is 10.0. The van der Waals surface area contributed by atoms with Crippen molar-refractivity contribution in [3.8, 4) is 5.82 Å². The maximum Gasteiger partial charge on any atom is 0.317 e. The van der Waals surface area contributed by atoms with Crippen molar-refractivity contribution in [2.75, 3.05) is 6.54 Å². The van der Waals surface area contributed by atoms with Gasteiger partial charge in [0.05, 0.1) is 0 Å². The average molecular weight is 299 g/mol. The summed E-state index contributed by atoms with van der Waals surface area (Å²) in [6.45, 7) is 3.46. The van der Waals surface area contributed by atoms with Crippen LogP contribution < -0.4 is 5.32 Å². The summed E-state index contributed by atoms with van der Waals surface area (Å²) in [5.41, 5.74) is 1.01. The zero-order chi connectivity index (χ0) is 15.4. The van der Waals surface area contributed by atoms with E-state index in [1.165, 1.54) is 6.42 Å². The number of rotatable bonds is 3. The molecule has 0 aliphatic carbocycles. The first kappa shape index (κ1) is 14.6. The van der Waals surface area contributed by atoms with E-state index in [1.54, 1.807) is 17.1 Å². The second-order valence-corrected chi connectivity index (χ2v) is 5.67. The Morgan fingerprint density at radius 3 is 3.09 bits per heavy atom. The molecule has 1 atom stereocenters. The van der Waals surface area contributed by atoms with Gasteiger partial charge in [0.25, 0.3) is 0 Å². The van der Waals surface area contributed by atoms with Gasteiger partial charge in [0.2, 0.25) is 0 Å². The molecule has 1 N–H and O–H groups in total. The molecule has 6 heteroatoms. The summed E-state index contributed by atoms with van der Waals surface area (Å²) in [6, 6.07) is 6.05. The number of nitrogens with one attached hydrogen (secondary N) is 1. The van der Waals surface area contributed by atoms with Crippen molar-refractivity contribution >= 4 is 6.03 Å². The molecule has 2 aromatic heterocycles. The van der Waals surface area contributed by atoms with Crippen LogP contribution in [0.15, 0.2) is 36.8 Å². The second-order valence-electron chi connectivity index (χ2n) is 5.67. The van der Waals surface area contributed by atoms with E-state index in [0.29, 0.717) is 12.6 Å². The third-order valence-corrected chi connectivity index (χ3v) is 4.06. The van der Waals surface area contributed by atoms with Gasteiger partial charge >= 0.3 is 6.03 Å². The number of pyridine rings is 1. The van der Waals surface area contributed by atoms with Gasteiger partial charge in [0.1, 0.15) is 0 Å². The van der Waals surface area contributed by atoms with E-state index in [9.17, 15) is 4.79 Å². The van der Waals surface area contributed by atoms with E-state index in [4.69, 9.17) is 0 Å². The molecule has 3 rings (SSSR count). The van der Waals surface area contributed by atoms with Crippen molar-refractivity contribution < 1.29 is 4.79 Å². The smallest absolute Gasteiger partial charge is 0.317 e. The van der Waals surface area contributed by atoms with Crippen LogP contribution in [0.2, 0.25) is 0 Å². The molecule has 0 radical (unpaired) electrons. The molecule has 0 aromatic carbocycles. The molecular weight excluding hydrogens is 278 g/mol. The lowest BCUT2D eigenvalue weighted by Gasteiger charge is -2.33. The Kier molecular flexibility index (Phi) is 4.37. The van der Waals surface area contributed by atoms with Crippen LogP contribution in [-0.4, -0.2) is 38.3 Å². The minimum atomic E-state index is 0.0182. The molecule has 2 amide bonds. The highest BCUT2D eigenvalue weighted by atomic mass is 16.2. The van der Waals surface area contributed by atoms with Gasteiger partial charge < -0.3 is 10.2 Å². The highest BCUT2D eigenvalue weighted by Gasteiger charge is 2.22. The molecular formula is C16H21N5O. The van der Waals surface area contributed by atoms with Crippen molar-refractivity contribution in [3.05, 3.63) is 42.4 Å². The van der Waals surface area contributed by atoms with E-state index in [1.807, 2.05) is 29.3 Å². The molecule has 1 aliphatic heterocycles. The fraction of sp³-hybridized carbons (Fsp3) is 0.438. The minimum absolute atomic E-state index is 0.0182. The number of urea groups is 1. The maximum absolute atomic E-state index is 12.3. The first-order valence-electron chi connectivity index (χ1n) is 7.73. The van der Waals surface area contributed by atoms with Crippen LogP contribution in [0, 0.1) is 0 Å². The second kappa shape index (κ2) is 6.60. The Labute approximate surface area is 130 Å². The van der Waals surface area contributed by atoms with Gasteiger partial charge in [-0.3, -0.25) is 0 Å². The molecule has 1 unspecified atom stereocenters. The van der Waals surface area contributed by atoms with Crippen molar-refractivity contribution in [3.63, 3.8) is 0 Å². The van der Waals surface area contributed by atoms with Crippen molar-refractivity contribution in [1.29, 1.82) is 0 Å². The molecule has 1 fully saturated rings. The predicted molar refractivity (Wildman–Crippen MR) is 83.6 cm³/mol. The normalized spacial score (nSPS) is 18.2. The van der Waals surface area contributed by atoms with Gasteiger partial charge in [-0.2, -0.15) is 5.10 Å². The number of amides is 2. The molecule has 0 spiro atoms. The number of carbonyl (C=O) groups excluding carboxylic acids is 1. The van der Waals surface area contributed by atoms with Gasteiger partial charge in [-0.05, 0) is 49.9 Å². The SMILES string of the molecule is CC1CCCCN1C(=O)NCc1ccnc(-n2cccn2)c1. The molecule has 2 aromatic rings. The fourth-order valence-electron chi connectivity index (χ4n) is 2.78. The van der Waals surface area contributed by atoms with Crippen molar-refractivity contribution in [1.82, 2.24) is 25.0 Å². The van der Waals surface area contributed by atoms with E-state index in [-0.39, 0.29) is 6.03 Å². The first-order valence-corrected chi connectivity index (χ1v) is 7.73. The Hall–Kier alpha value is -2.37. The summed E-state index contributed by atoms with van der Waals surface area (Å²) >= 11 is 0. The Morgan fingerprint density at radius 2 is 2.32 bits per heavy atom. The van der Waals surface area contributed by atoms with Crippen LogP contribution in [0.1, 0.15) is 31.7 Å². The standard InChI is InChI=1S/C16H21N5O/c1-13-5-2-3-9-20(13)16(22)18-12-14-6-8-17-15(11-14)21-10-4-7-19-21/h4,6-8,10-11,13H,2-3,5,9,12H2,1H3,(H,18,22). The lowest BCUT2D eigenvalue weighted by Crippen LogP contribution is -2.47. The zero-order valence-electron chi connectivity index (χ0n) is 12.8. The summed E-state index contributed by atoms with van der Waals surface area (Å²) in [5.74, 6) is 0.753. The number of nitrogens with zero attached hydrogens (tertiary/aromatic N) is 4. The van der Waals surface area contributed by atoms with Crippen molar-refractivity contribution in [2.45, 2.75) is 38.8 Å².